The largest absolute Gasteiger partial charge is 0.470 e. The highest BCUT2D eigenvalue weighted by Gasteiger charge is 2.16. The fraction of sp³-hybridized carbons (Fsp3) is 0.333. The van der Waals surface area contributed by atoms with Crippen LogP contribution >= 0.6 is 11.6 Å². The number of hydrazine groups is 1. The zero-order chi connectivity index (χ0) is 16.1. The zero-order valence-corrected chi connectivity index (χ0v) is 13.2. The second-order valence-corrected chi connectivity index (χ2v) is 5.39. The normalized spacial score (nSPS) is 15.3. The molecule has 1 aliphatic heterocycles. The first-order chi connectivity index (χ1) is 11.2. The molecule has 0 spiro atoms. The number of aromatic nitrogens is 2. The van der Waals surface area contributed by atoms with Crippen LogP contribution in [0.3, 0.4) is 0 Å². The third-order valence-corrected chi connectivity index (χ3v) is 3.65. The molecule has 1 aromatic heterocycles. The van der Waals surface area contributed by atoms with Crippen LogP contribution in [0, 0.1) is 0 Å². The number of carbonyl (C=O) groups excluding carboxylic acids is 1. The number of benzene rings is 1. The predicted molar refractivity (Wildman–Crippen MR) is 84.2 cm³/mol. The Morgan fingerprint density at radius 2 is 2.09 bits per heavy atom. The van der Waals surface area contributed by atoms with Crippen LogP contribution in [0.1, 0.15) is 10.5 Å². The SMILES string of the molecule is O=C(NN1CCOCC1)c1ccn(COc2ccccc2Cl)n1. The summed E-state index contributed by atoms with van der Waals surface area (Å²) >= 11 is 6.02. The van der Waals surface area contributed by atoms with Crippen molar-refractivity contribution >= 4 is 17.5 Å². The first-order valence-electron chi connectivity index (χ1n) is 7.27. The summed E-state index contributed by atoms with van der Waals surface area (Å²) in [5, 5.41) is 6.56. The quantitative estimate of drug-likeness (QED) is 0.897. The van der Waals surface area contributed by atoms with Crippen LogP contribution in [-0.2, 0) is 11.5 Å². The number of amides is 1. The van der Waals surface area contributed by atoms with Crippen LogP contribution in [0.15, 0.2) is 36.5 Å². The lowest BCUT2D eigenvalue weighted by molar-refractivity contribution is 0.0124. The molecule has 1 amide bonds. The molecule has 3 rings (SSSR count). The Morgan fingerprint density at radius 1 is 1.30 bits per heavy atom. The molecule has 2 aromatic rings. The number of carbonyl (C=O) groups is 1. The molecule has 23 heavy (non-hydrogen) atoms. The van der Waals surface area contributed by atoms with Gasteiger partial charge in [-0.25, -0.2) is 9.69 Å². The fourth-order valence-electron chi connectivity index (χ4n) is 2.13. The van der Waals surface area contributed by atoms with Crippen LogP contribution in [0.5, 0.6) is 5.75 Å². The maximum absolute atomic E-state index is 12.1. The third-order valence-electron chi connectivity index (χ3n) is 3.33. The summed E-state index contributed by atoms with van der Waals surface area (Å²) in [6, 6.07) is 8.84. The van der Waals surface area contributed by atoms with E-state index in [9.17, 15) is 4.79 Å². The molecule has 1 aromatic carbocycles. The van der Waals surface area contributed by atoms with Gasteiger partial charge in [-0.1, -0.05) is 23.7 Å². The number of ether oxygens (including phenoxy) is 2. The molecule has 1 fully saturated rings. The Balaban J connectivity index is 1.55. The molecule has 7 nitrogen and oxygen atoms in total. The van der Waals surface area contributed by atoms with Crippen LogP contribution < -0.4 is 10.2 Å². The van der Waals surface area contributed by atoms with Gasteiger partial charge in [0.05, 0.1) is 18.2 Å². The van der Waals surface area contributed by atoms with Gasteiger partial charge in [0.2, 0.25) is 0 Å². The highest BCUT2D eigenvalue weighted by atomic mass is 35.5. The van der Waals surface area contributed by atoms with Crippen molar-refractivity contribution in [2.24, 2.45) is 0 Å². The molecule has 0 radical (unpaired) electrons. The van der Waals surface area contributed by atoms with Gasteiger partial charge in [0.25, 0.3) is 5.91 Å². The third kappa shape index (κ3) is 4.22. The molecule has 0 atom stereocenters. The minimum absolute atomic E-state index is 0.175. The van der Waals surface area contributed by atoms with Crippen molar-refractivity contribution in [1.82, 2.24) is 20.2 Å². The minimum atomic E-state index is -0.247. The van der Waals surface area contributed by atoms with E-state index in [1.807, 2.05) is 17.1 Å². The molecule has 1 N–H and O–H groups in total. The summed E-state index contributed by atoms with van der Waals surface area (Å²) in [6.07, 6.45) is 1.69. The molecule has 122 valence electrons. The van der Waals surface area contributed by atoms with Crippen molar-refractivity contribution in [3.8, 4) is 5.75 Å². The minimum Gasteiger partial charge on any atom is -0.470 e. The average molecular weight is 337 g/mol. The number of nitrogens with one attached hydrogen (secondary N) is 1. The van der Waals surface area contributed by atoms with Gasteiger partial charge in [0, 0.05) is 19.3 Å². The number of para-hydroxylation sites is 1. The second-order valence-electron chi connectivity index (χ2n) is 4.98. The monoisotopic (exact) mass is 336 g/mol. The molecule has 0 unspecified atom stereocenters. The summed E-state index contributed by atoms with van der Waals surface area (Å²) in [6.45, 7) is 2.74. The number of morpholine rings is 1. The standard InChI is InChI=1S/C15H17ClN4O3/c16-12-3-1-2-4-14(12)23-11-20-6-5-13(17-20)15(21)18-19-7-9-22-10-8-19/h1-6H,7-11H2,(H,18,21). The van der Waals surface area contributed by atoms with Gasteiger partial charge < -0.3 is 9.47 Å². The van der Waals surface area contributed by atoms with Gasteiger partial charge in [-0.15, -0.1) is 0 Å². The van der Waals surface area contributed by atoms with Crippen molar-refractivity contribution in [2.45, 2.75) is 6.73 Å². The molecule has 1 aliphatic rings. The van der Waals surface area contributed by atoms with Crippen molar-refractivity contribution in [2.75, 3.05) is 26.3 Å². The highest BCUT2D eigenvalue weighted by Crippen LogP contribution is 2.23. The molecule has 0 bridgehead atoms. The lowest BCUT2D eigenvalue weighted by atomic mass is 10.3. The summed E-state index contributed by atoms with van der Waals surface area (Å²) in [5.74, 6) is 0.326. The zero-order valence-electron chi connectivity index (χ0n) is 12.4. The van der Waals surface area contributed by atoms with Gasteiger partial charge in [-0.3, -0.25) is 10.2 Å². The number of halogens is 1. The second kappa shape index (κ2) is 7.45. The Morgan fingerprint density at radius 3 is 2.87 bits per heavy atom. The molecule has 1 saturated heterocycles. The van der Waals surface area contributed by atoms with E-state index in [1.54, 1.807) is 24.4 Å². The van der Waals surface area contributed by atoms with E-state index < -0.39 is 0 Å². The molecule has 2 heterocycles. The van der Waals surface area contributed by atoms with E-state index in [1.165, 1.54) is 4.68 Å². The van der Waals surface area contributed by atoms with Crippen molar-refractivity contribution in [1.29, 1.82) is 0 Å². The van der Waals surface area contributed by atoms with E-state index in [0.717, 1.165) is 0 Å². The number of nitrogens with zero attached hydrogens (tertiary/aromatic N) is 3. The Hall–Kier alpha value is -2.09. The topological polar surface area (TPSA) is 68.6 Å². The summed E-state index contributed by atoms with van der Waals surface area (Å²) in [5.41, 5.74) is 3.14. The predicted octanol–water partition coefficient (Wildman–Crippen LogP) is 1.55. The van der Waals surface area contributed by atoms with E-state index in [0.29, 0.717) is 42.8 Å². The van der Waals surface area contributed by atoms with E-state index in [-0.39, 0.29) is 12.6 Å². The van der Waals surface area contributed by atoms with Gasteiger partial charge in [0.1, 0.15) is 5.75 Å². The van der Waals surface area contributed by atoms with Crippen LogP contribution in [-0.4, -0.2) is 47.0 Å². The Bertz CT molecular complexity index is 670. The van der Waals surface area contributed by atoms with Gasteiger partial charge in [0.15, 0.2) is 12.4 Å². The van der Waals surface area contributed by atoms with Crippen molar-refractivity contribution in [3.63, 3.8) is 0 Å². The summed E-state index contributed by atoms with van der Waals surface area (Å²) in [4.78, 5) is 12.1. The highest BCUT2D eigenvalue weighted by molar-refractivity contribution is 6.32. The fourth-order valence-corrected chi connectivity index (χ4v) is 2.32. The molecule has 8 heteroatoms. The molecular weight excluding hydrogens is 320 g/mol. The first kappa shape index (κ1) is 15.8. The summed E-state index contributed by atoms with van der Waals surface area (Å²) < 4.78 is 12.3. The van der Waals surface area contributed by atoms with E-state index in [2.05, 4.69) is 10.5 Å². The van der Waals surface area contributed by atoms with Gasteiger partial charge >= 0.3 is 0 Å². The molecule has 0 aliphatic carbocycles. The van der Waals surface area contributed by atoms with Gasteiger partial charge in [-0.05, 0) is 18.2 Å². The Kier molecular flexibility index (Phi) is 5.12. The smallest absolute Gasteiger partial charge is 0.286 e. The Labute approximate surface area is 138 Å². The van der Waals surface area contributed by atoms with E-state index in [4.69, 9.17) is 21.1 Å². The maximum atomic E-state index is 12.1. The summed E-state index contributed by atoms with van der Waals surface area (Å²) in [7, 11) is 0. The van der Waals surface area contributed by atoms with Crippen molar-refractivity contribution < 1.29 is 14.3 Å². The van der Waals surface area contributed by atoms with Crippen LogP contribution in [0.25, 0.3) is 0 Å². The lowest BCUT2D eigenvalue weighted by Gasteiger charge is -2.26. The molecule has 0 saturated carbocycles. The van der Waals surface area contributed by atoms with Gasteiger partial charge in [-0.2, -0.15) is 5.10 Å². The number of rotatable bonds is 5. The first-order valence-corrected chi connectivity index (χ1v) is 7.64. The van der Waals surface area contributed by atoms with Crippen LogP contribution in [0.4, 0.5) is 0 Å². The average Bonchev–Trinajstić information content (AvgIpc) is 3.04. The molecular formula is C15H17ClN4O3. The van der Waals surface area contributed by atoms with Crippen molar-refractivity contribution in [3.05, 3.63) is 47.2 Å². The lowest BCUT2D eigenvalue weighted by Crippen LogP contribution is -2.48. The number of hydrogen-bond donors (Lipinski definition) is 1. The number of hydrogen-bond acceptors (Lipinski definition) is 5. The van der Waals surface area contributed by atoms with Crippen LogP contribution in [0.2, 0.25) is 5.02 Å². The van der Waals surface area contributed by atoms with E-state index >= 15 is 0 Å². The maximum Gasteiger partial charge on any atom is 0.286 e.